The Kier molecular flexibility index (Phi) is 5.25. The number of ether oxygens (including phenoxy) is 1. The molecule has 0 bridgehead atoms. The van der Waals surface area contributed by atoms with Gasteiger partial charge in [0.05, 0.1) is 29.6 Å². The smallest absolute Gasteiger partial charge is 0.262 e. The van der Waals surface area contributed by atoms with Gasteiger partial charge in [0.1, 0.15) is 16.4 Å². The fraction of sp³-hybridized carbons (Fsp3) is 0.190. The maximum Gasteiger partial charge on any atom is 0.262 e. The quantitative estimate of drug-likeness (QED) is 0.483. The van der Waals surface area contributed by atoms with E-state index in [1.165, 1.54) is 16.9 Å². The summed E-state index contributed by atoms with van der Waals surface area (Å²) in [4.78, 5) is 17.4. The average molecular weight is 427 g/mol. The van der Waals surface area contributed by atoms with Gasteiger partial charge in [-0.3, -0.25) is 10.1 Å². The Morgan fingerprint density at radius 3 is 2.69 bits per heavy atom. The summed E-state index contributed by atoms with van der Waals surface area (Å²) >= 11 is 7.88. The Labute approximate surface area is 177 Å². The van der Waals surface area contributed by atoms with E-state index in [0.29, 0.717) is 39.4 Å². The number of anilines is 1. The maximum atomic E-state index is 12.9. The van der Waals surface area contributed by atoms with Gasteiger partial charge >= 0.3 is 0 Å². The van der Waals surface area contributed by atoms with Gasteiger partial charge in [0, 0.05) is 0 Å². The zero-order chi connectivity index (χ0) is 20.5. The minimum absolute atomic E-state index is 0.305. The number of aromatic nitrogens is 3. The third kappa shape index (κ3) is 3.83. The van der Waals surface area contributed by atoms with Crippen LogP contribution in [-0.2, 0) is 6.54 Å². The molecule has 4 aromatic rings. The third-order valence-electron chi connectivity index (χ3n) is 4.57. The highest BCUT2D eigenvalue weighted by molar-refractivity contribution is 7.22. The van der Waals surface area contributed by atoms with Gasteiger partial charge < -0.3 is 4.74 Å². The minimum Gasteiger partial charge on any atom is -0.494 e. The van der Waals surface area contributed by atoms with Gasteiger partial charge in [0.15, 0.2) is 5.13 Å². The second kappa shape index (κ2) is 7.85. The van der Waals surface area contributed by atoms with E-state index in [9.17, 15) is 4.79 Å². The first-order valence-corrected chi connectivity index (χ1v) is 10.2. The van der Waals surface area contributed by atoms with E-state index in [2.05, 4.69) is 15.4 Å². The van der Waals surface area contributed by atoms with Crippen LogP contribution in [0.3, 0.4) is 0 Å². The molecule has 2 aromatic carbocycles. The summed E-state index contributed by atoms with van der Waals surface area (Å²) in [6.07, 6.45) is 0. The molecule has 2 aromatic heterocycles. The number of benzene rings is 2. The number of nitrogens with zero attached hydrogens (tertiary/aromatic N) is 3. The topological polar surface area (TPSA) is 69.0 Å². The van der Waals surface area contributed by atoms with Crippen LogP contribution in [0.4, 0.5) is 5.13 Å². The van der Waals surface area contributed by atoms with E-state index < -0.39 is 0 Å². The second-order valence-electron chi connectivity index (χ2n) is 6.67. The van der Waals surface area contributed by atoms with Gasteiger partial charge in [0.25, 0.3) is 5.91 Å². The Hall–Kier alpha value is -2.90. The standard InChI is InChI=1S/C21H19ClN4O2S/c1-12-7-9-14(10-8-12)11-26-19(22)17(13(2)25-26)20(27)24-21-23-18-15(28-3)5-4-6-16(18)29-21/h4-10H,11H2,1-3H3,(H,23,24,27). The molecule has 0 fully saturated rings. The van der Waals surface area contributed by atoms with Gasteiger partial charge in [-0.25, -0.2) is 9.67 Å². The molecule has 6 nitrogen and oxygen atoms in total. The van der Waals surface area contributed by atoms with E-state index >= 15 is 0 Å². The zero-order valence-corrected chi connectivity index (χ0v) is 17.8. The summed E-state index contributed by atoms with van der Waals surface area (Å²) < 4.78 is 7.90. The fourth-order valence-corrected chi connectivity index (χ4v) is 4.28. The molecule has 0 saturated heterocycles. The lowest BCUT2D eigenvalue weighted by Gasteiger charge is -2.05. The summed E-state index contributed by atoms with van der Waals surface area (Å²) in [5, 5.41) is 8.08. The van der Waals surface area contributed by atoms with Crippen molar-refractivity contribution in [2.24, 2.45) is 0 Å². The molecule has 1 amide bonds. The number of para-hydroxylation sites is 1. The minimum atomic E-state index is -0.333. The first-order chi connectivity index (χ1) is 14.0. The van der Waals surface area contributed by atoms with Crippen LogP contribution < -0.4 is 10.1 Å². The van der Waals surface area contributed by atoms with Crippen LogP contribution in [0, 0.1) is 13.8 Å². The Morgan fingerprint density at radius 2 is 1.97 bits per heavy atom. The van der Waals surface area contributed by atoms with Crippen molar-refractivity contribution in [3.63, 3.8) is 0 Å². The highest BCUT2D eigenvalue weighted by atomic mass is 35.5. The van der Waals surface area contributed by atoms with Gasteiger partial charge in [-0.15, -0.1) is 0 Å². The highest BCUT2D eigenvalue weighted by Crippen LogP contribution is 2.32. The van der Waals surface area contributed by atoms with Gasteiger partial charge in [-0.2, -0.15) is 5.10 Å². The summed E-state index contributed by atoms with van der Waals surface area (Å²) in [6, 6.07) is 13.8. The number of hydrogen-bond donors (Lipinski definition) is 1. The normalized spacial score (nSPS) is 11.0. The van der Waals surface area contributed by atoms with Gasteiger partial charge in [-0.1, -0.05) is 58.8 Å². The maximum absolute atomic E-state index is 12.9. The van der Waals surface area contributed by atoms with Crippen molar-refractivity contribution in [2.75, 3.05) is 12.4 Å². The monoisotopic (exact) mass is 426 g/mol. The molecular weight excluding hydrogens is 408 g/mol. The molecule has 2 heterocycles. The van der Waals surface area contributed by atoms with Crippen LogP contribution in [0.1, 0.15) is 27.2 Å². The van der Waals surface area contributed by atoms with Crippen LogP contribution in [0.25, 0.3) is 10.2 Å². The summed E-state index contributed by atoms with van der Waals surface area (Å²) in [5.41, 5.74) is 3.88. The van der Waals surface area contributed by atoms with Crippen molar-refractivity contribution < 1.29 is 9.53 Å². The molecule has 0 aliphatic carbocycles. The lowest BCUT2D eigenvalue weighted by Crippen LogP contribution is -2.13. The molecule has 0 spiro atoms. The molecule has 8 heteroatoms. The second-order valence-corrected chi connectivity index (χ2v) is 8.06. The van der Waals surface area contributed by atoms with Crippen LogP contribution in [0.15, 0.2) is 42.5 Å². The molecule has 0 unspecified atom stereocenters. The molecule has 0 atom stereocenters. The number of rotatable bonds is 5. The van der Waals surface area contributed by atoms with Crippen molar-refractivity contribution in [1.82, 2.24) is 14.8 Å². The first kappa shape index (κ1) is 19.4. The molecule has 29 heavy (non-hydrogen) atoms. The Balaban J connectivity index is 1.59. The zero-order valence-electron chi connectivity index (χ0n) is 16.2. The number of thiazole rings is 1. The summed E-state index contributed by atoms with van der Waals surface area (Å²) in [5.74, 6) is 0.333. The Bertz CT molecular complexity index is 1200. The predicted molar refractivity (Wildman–Crippen MR) is 116 cm³/mol. The van der Waals surface area contributed by atoms with Crippen molar-refractivity contribution in [3.05, 3.63) is 70.0 Å². The van der Waals surface area contributed by atoms with E-state index in [-0.39, 0.29) is 5.91 Å². The average Bonchev–Trinajstić information content (AvgIpc) is 3.23. The van der Waals surface area contributed by atoms with E-state index in [1.807, 2.05) is 49.4 Å². The highest BCUT2D eigenvalue weighted by Gasteiger charge is 2.22. The lowest BCUT2D eigenvalue weighted by atomic mass is 10.1. The summed E-state index contributed by atoms with van der Waals surface area (Å²) in [6.45, 7) is 4.30. The predicted octanol–water partition coefficient (Wildman–Crippen LogP) is 5.07. The number of aryl methyl sites for hydroxylation is 2. The molecule has 4 rings (SSSR count). The number of halogens is 1. The SMILES string of the molecule is COc1cccc2sc(NC(=O)c3c(C)nn(Cc4ccc(C)cc4)c3Cl)nc12. The largest absolute Gasteiger partial charge is 0.494 e. The molecule has 1 N–H and O–H groups in total. The third-order valence-corrected chi connectivity index (χ3v) is 5.89. The number of methoxy groups -OCH3 is 1. The number of nitrogens with one attached hydrogen (secondary N) is 1. The van der Waals surface area contributed by atoms with Crippen molar-refractivity contribution in [1.29, 1.82) is 0 Å². The number of carbonyl (C=O) groups excluding carboxylic acids is 1. The molecule has 0 saturated carbocycles. The lowest BCUT2D eigenvalue weighted by molar-refractivity contribution is 0.102. The number of carbonyl (C=O) groups is 1. The first-order valence-electron chi connectivity index (χ1n) is 8.99. The van der Waals surface area contributed by atoms with E-state index in [1.54, 1.807) is 18.7 Å². The van der Waals surface area contributed by atoms with Gasteiger partial charge in [-0.05, 0) is 31.5 Å². The Morgan fingerprint density at radius 1 is 1.21 bits per heavy atom. The van der Waals surface area contributed by atoms with Crippen LogP contribution in [0.2, 0.25) is 5.15 Å². The van der Waals surface area contributed by atoms with Crippen LogP contribution >= 0.6 is 22.9 Å². The molecule has 0 aliphatic rings. The molecule has 0 radical (unpaired) electrons. The number of hydrogen-bond acceptors (Lipinski definition) is 5. The van der Waals surface area contributed by atoms with Gasteiger partial charge in [0.2, 0.25) is 0 Å². The van der Waals surface area contributed by atoms with Crippen LogP contribution in [0.5, 0.6) is 5.75 Å². The number of amides is 1. The molecule has 148 valence electrons. The van der Waals surface area contributed by atoms with Crippen molar-refractivity contribution in [3.8, 4) is 5.75 Å². The van der Waals surface area contributed by atoms with E-state index in [4.69, 9.17) is 16.3 Å². The molecule has 0 aliphatic heterocycles. The van der Waals surface area contributed by atoms with Crippen LogP contribution in [-0.4, -0.2) is 27.8 Å². The van der Waals surface area contributed by atoms with Crippen molar-refractivity contribution >= 4 is 44.2 Å². The van der Waals surface area contributed by atoms with Crippen molar-refractivity contribution in [2.45, 2.75) is 20.4 Å². The number of fused-ring (bicyclic) bond motifs is 1. The fourth-order valence-electron chi connectivity index (χ4n) is 3.08. The summed E-state index contributed by atoms with van der Waals surface area (Å²) in [7, 11) is 1.60. The van der Waals surface area contributed by atoms with E-state index in [0.717, 1.165) is 10.3 Å². The molecular formula is C21H19ClN4O2S.